The van der Waals surface area contributed by atoms with Gasteiger partial charge in [0, 0.05) is 38.8 Å². The predicted molar refractivity (Wildman–Crippen MR) is 221 cm³/mol. The number of anilines is 3. The number of benzene rings is 8. The fraction of sp³-hybridized carbons (Fsp3) is 0.0200. The van der Waals surface area contributed by atoms with E-state index in [0.29, 0.717) is 0 Å². The van der Waals surface area contributed by atoms with E-state index in [2.05, 4.69) is 199 Å². The number of hydrogen-bond donors (Lipinski definition) is 0. The van der Waals surface area contributed by atoms with E-state index in [1.165, 1.54) is 60.2 Å². The van der Waals surface area contributed by atoms with Gasteiger partial charge < -0.3 is 4.90 Å². The molecular formula is C50H32N2S. The van der Waals surface area contributed by atoms with Crippen LogP contribution in [0.4, 0.5) is 17.1 Å². The van der Waals surface area contributed by atoms with Gasteiger partial charge in [0.05, 0.1) is 21.7 Å². The van der Waals surface area contributed by atoms with E-state index >= 15 is 0 Å². The molecule has 248 valence electrons. The number of para-hydroxylation sites is 1. The van der Waals surface area contributed by atoms with E-state index in [9.17, 15) is 0 Å². The van der Waals surface area contributed by atoms with Crippen molar-refractivity contribution in [3.8, 4) is 43.4 Å². The van der Waals surface area contributed by atoms with E-state index in [0.717, 1.165) is 33.3 Å². The maximum Gasteiger partial charge on any atom is 0.124 e. The Balaban J connectivity index is 1.15. The molecule has 0 radical (unpaired) electrons. The Bertz CT molecular complexity index is 2760. The molecule has 0 unspecified atom stereocenters. The summed E-state index contributed by atoms with van der Waals surface area (Å²) in [5, 5.41) is 3.56. The van der Waals surface area contributed by atoms with Crippen LogP contribution >= 0.6 is 11.3 Å². The monoisotopic (exact) mass is 692 g/mol. The molecule has 8 aromatic carbocycles. The molecule has 11 rings (SSSR count). The average Bonchev–Trinajstić information content (AvgIpc) is 3.89. The summed E-state index contributed by atoms with van der Waals surface area (Å²) in [7, 11) is 0. The minimum absolute atomic E-state index is 0.481. The molecule has 0 spiro atoms. The Labute approximate surface area is 312 Å². The fourth-order valence-electron chi connectivity index (χ4n) is 8.94. The van der Waals surface area contributed by atoms with Crippen LogP contribution in [0.2, 0.25) is 0 Å². The normalized spacial score (nSPS) is 13.1. The van der Waals surface area contributed by atoms with E-state index in [4.69, 9.17) is 4.98 Å². The lowest BCUT2D eigenvalue weighted by Crippen LogP contribution is -2.28. The highest BCUT2D eigenvalue weighted by Crippen LogP contribution is 2.58. The predicted octanol–water partition coefficient (Wildman–Crippen LogP) is 13.4. The molecule has 0 amide bonds. The third-order valence-corrected chi connectivity index (χ3v) is 12.3. The third kappa shape index (κ3) is 4.35. The molecule has 2 aliphatic carbocycles. The molecule has 0 atom stereocenters. The zero-order chi connectivity index (χ0) is 34.9. The molecule has 2 aliphatic rings. The second-order valence-electron chi connectivity index (χ2n) is 13.9. The van der Waals surface area contributed by atoms with Gasteiger partial charge in [-0.25, -0.2) is 4.98 Å². The Kier molecular flexibility index (Phi) is 6.67. The number of aromatic nitrogens is 1. The first-order valence-electron chi connectivity index (χ1n) is 18.1. The molecule has 1 heterocycles. The molecule has 9 aromatic rings. The van der Waals surface area contributed by atoms with Crippen LogP contribution in [0.3, 0.4) is 0 Å². The molecule has 0 saturated carbocycles. The maximum absolute atomic E-state index is 5.23. The number of rotatable bonds is 6. The molecule has 0 aliphatic heterocycles. The molecule has 0 bridgehead atoms. The summed E-state index contributed by atoms with van der Waals surface area (Å²) in [6.07, 6.45) is 0. The number of hydrogen-bond acceptors (Lipinski definition) is 3. The molecule has 2 nitrogen and oxygen atoms in total. The number of nitrogens with zero attached hydrogens (tertiary/aromatic N) is 2. The topological polar surface area (TPSA) is 16.1 Å². The van der Waals surface area contributed by atoms with Crippen molar-refractivity contribution >= 4 is 39.2 Å². The average molecular weight is 693 g/mol. The van der Waals surface area contributed by atoms with Gasteiger partial charge in [-0.05, 0) is 63.7 Å². The zero-order valence-electron chi connectivity index (χ0n) is 28.8. The molecule has 1 aromatic heterocycles. The van der Waals surface area contributed by atoms with Crippen molar-refractivity contribution in [3.63, 3.8) is 0 Å². The zero-order valence-corrected chi connectivity index (χ0v) is 29.6. The van der Waals surface area contributed by atoms with E-state index < -0.39 is 5.41 Å². The third-order valence-electron chi connectivity index (χ3n) is 11.1. The lowest BCUT2D eigenvalue weighted by atomic mass is 9.67. The van der Waals surface area contributed by atoms with Crippen LogP contribution in [-0.2, 0) is 5.41 Å². The van der Waals surface area contributed by atoms with Gasteiger partial charge >= 0.3 is 0 Å². The minimum atomic E-state index is -0.481. The van der Waals surface area contributed by atoms with Crippen molar-refractivity contribution in [1.29, 1.82) is 0 Å². The van der Waals surface area contributed by atoms with Crippen molar-refractivity contribution in [1.82, 2.24) is 4.98 Å². The highest BCUT2D eigenvalue weighted by atomic mass is 32.1. The van der Waals surface area contributed by atoms with Crippen LogP contribution in [-0.4, -0.2) is 4.98 Å². The van der Waals surface area contributed by atoms with Crippen LogP contribution in [0.5, 0.6) is 0 Å². The Morgan fingerprint density at radius 2 is 1.06 bits per heavy atom. The minimum Gasteiger partial charge on any atom is -0.310 e. The fourth-order valence-corrected chi connectivity index (χ4v) is 10.1. The highest BCUT2D eigenvalue weighted by Gasteiger charge is 2.46. The molecule has 3 heteroatoms. The first kappa shape index (κ1) is 30.1. The number of fused-ring (bicyclic) bond motifs is 6. The largest absolute Gasteiger partial charge is 0.310 e. The van der Waals surface area contributed by atoms with Crippen molar-refractivity contribution in [2.75, 3.05) is 4.90 Å². The second-order valence-corrected chi connectivity index (χ2v) is 14.9. The quantitative estimate of drug-likeness (QED) is 0.172. The highest BCUT2D eigenvalue weighted by molar-refractivity contribution is 7.19. The smallest absolute Gasteiger partial charge is 0.124 e. The SMILES string of the molecule is c1ccc(-c2nc3c(s2)-c2ccc(N(c4ccccc4)c4ccc5c(c4)C(c4ccccc4)(c4ccccc4)c4ccccc4-5)c4cccc-3c24)cc1. The molecule has 0 fully saturated rings. The van der Waals surface area contributed by atoms with Crippen LogP contribution in [0.15, 0.2) is 194 Å². The summed E-state index contributed by atoms with van der Waals surface area (Å²) in [6.45, 7) is 0. The summed E-state index contributed by atoms with van der Waals surface area (Å²) in [5.74, 6) is 0. The van der Waals surface area contributed by atoms with Crippen molar-refractivity contribution < 1.29 is 0 Å². The van der Waals surface area contributed by atoms with Gasteiger partial charge in [-0.1, -0.05) is 164 Å². The summed E-state index contributed by atoms with van der Waals surface area (Å²) in [4.78, 5) is 8.92. The summed E-state index contributed by atoms with van der Waals surface area (Å²) >= 11 is 1.79. The van der Waals surface area contributed by atoms with Crippen LogP contribution in [0, 0.1) is 0 Å². The van der Waals surface area contributed by atoms with Crippen molar-refractivity contribution in [3.05, 3.63) is 216 Å². The van der Waals surface area contributed by atoms with Gasteiger partial charge in [0.25, 0.3) is 0 Å². The van der Waals surface area contributed by atoms with Crippen molar-refractivity contribution in [2.24, 2.45) is 0 Å². The standard InChI is InChI=1S/C50H32N2S/c1-5-16-33(17-6-1)49-51-47-41-26-15-25-40-45(31-30-42(46(40)41)48(47)53-49)52(36-22-11-4-12-23-36)37-28-29-39-38-24-13-14-27-43(38)50(44(39)32-37,34-18-7-2-8-19-34)35-20-9-3-10-21-35/h1-32H. The first-order valence-corrected chi connectivity index (χ1v) is 19.0. The van der Waals surface area contributed by atoms with Crippen LogP contribution in [0.1, 0.15) is 22.3 Å². The Morgan fingerprint density at radius 1 is 0.453 bits per heavy atom. The molecular weight excluding hydrogens is 661 g/mol. The second kappa shape index (κ2) is 11.7. The Morgan fingerprint density at radius 3 is 1.79 bits per heavy atom. The summed E-state index contributed by atoms with van der Waals surface area (Å²) in [6, 6.07) is 70.8. The van der Waals surface area contributed by atoms with Gasteiger partial charge in [0.15, 0.2) is 0 Å². The van der Waals surface area contributed by atoms with Gasteiger partial charge in [0.2, 0.25) is 0 Å². The van der Waals surface area contributed by atoms with Gasteiger partial charge in [-0.2, -0.15) is 0 Å². The van der Waals surface area contributed by atoms with Crippen molar-refractivity contribution in [2.45, 2.75) is 5.41 Å². The Hall–Kier alpha value is -6.55. The van der Waals surface area contributed by atoms with E-state index in [-0.39, 0.29) is 0 Å². The molecule has 0 N–H and O–H groups in total. The van der Waals surface area contributed by atoms with Crippen LogP contribution < -0.4 is 4.90 Å². The van der Waals surface area contributed by atoms with Gasteiger partial charge in [-0.15, -0.1) is 11.3 Å². The molecule has 0 saturated heterocycles. The summed E-state index contributed by atoms with van der Waals surface area (Å²) < 4.78 is 0. The maximum atomic E-state index is 5.23. The van der Waals surface area contributed by atoms with Gasteiger partial charge in [0.1, 0.15) is 5.01 Å². The van der Waals surface area contributed by atoms with Crippen LogP contribution in [0.25, 0.3) is 54.2 Å². The molecule has 53 heavy (non-hydrogen) atoms. The summed E-state index contributed by atoms with van der Waals surface area (Å²) in [5.41, 5.74) is 15.3. The van der Waals surface area contributed by atoms with E-state index in [1.54, 1.807) is 11.3 Å². The lowest BCUT2D eigenvalue weighted by Gasteiger charge is -2.35. The first-order chi connectivity index (χ1) is 26.3. The van der Waals surface area contributed by atoms with E-state index in [1.807, 2.05) is 0 Å². The number of thiazole rings is 1. The van der Waals surface area contributed by atoms with Gasteiger partial charge in [-0.3, -0.25) is 0 Å². The lowest BCUT2D eigenvalue weighted by molar-refractivity contribution is 0.768.